The molecule has 0 saturated carbocycles. The van der Waals surface area contributed by atoms with Crippen molar-refractivity contribution in [2.75, 3.05) is 26.2 Å². The van der Waals surface area contributed by atoms with Crippen LogP contribution in [0.4, 0.5) is 0 Å². The second-order valence-electron chi connectivity index (χ2n) is 5.93. The van der Waals surface area contributed by atoms with Crippen LogP contribution in [-0.4, -0.2) is 36.7 Å². The average molecular weight is 260 g/mol. The first-order valence-electron chi connectivity index (χ1n) is 7.42. The fraction of sp³-hybridized carbons (Fsp3) is 0.625. The monoisotopic (exact) mass is 260 g/mol. The summed E-state index contributed by atoms with van der Waals surface area (Å²) in [5, 5.41) is 3.58. The molecular weight excluding hydrogens is 236 g/mol. The second kappa shape index (κ2) is 5.14. The normalized spacial score (nSPS) is 22.6. The van der Waals surface area contributed by atoms with Crippen LogP contribution in [0.2, 0.25) is 0 Å². The summed E-state index contributed by atoms with van der Waals surface area (Å²) in [6.07, 6.45) is 2.25. The topological polar surface area (TPSA) is 24.5 Å². The Morgan fingerprint density at radius 1 is 1.32 bits per heavy atom. The van der Waals surface area contributed by atoms with Crippen molar-refractivity contribution >= 4 is 0 Å². The molecule has 1 spiro atoms. The van der Waals surface area contributed by atoms with Gasteiger partial charge in [0.2, 0.25) is 0 Å². The number of rotatable bonds is 1. The fourth-order valence-corrected chi connectivity index (χ4v) is 3.20. The van der Waals surface area contributed by atoms with Crippen molar-refractivity contribution in [3.05, 3.63) is 29.3 Å². The van der Waals surface area contributed by atoms with Crippen molar-refractivity contribution in [1.82, 2.24) is 10.2 Å². The van der Waals surface area contributed by atoms with Gasteiger partial charge in [0.1, 0.15) is 11.4 Å². The van der Waals surface area contributed by atoms with Crippen molar-refractivity contribution in [3.8, 4) is 5.75 Å². The van der Waals surface area contributed by atoms with Crippen LogP contribution in [0, 0.1) is 6.92 Å². The van der Waals surface area contributed by atoms with Crippen LogP contribution < -0.4 is 10.1 Å². The molecule has 19 heavy (non-hydrogen) atoms. The zero-order chi connectivity index (χ0) is 13.3. The van der Waals surface area contributed by atoms with Gasteiger partial charge in [0.05, 0.1) is 0 Å². The summed E-state index contributed by atoms with van der Waals surface area (Å²) in [6, 6.07) is 6.53. The Labute approximate surface area is 115 Å². The molecule has 2 aliphatic rings. The summed E-state index contributed by atoms with van der Waals surface area (Å²) in [5.74, 6) is 1.08. The minimum Gasteiger partial charge on any atom is -0.486 e. The Hall–Kier alpha value is -1.06. The molecule has 1 fully saturated rings. The van der Waals surface area contributed by atoms with E-state index in [0.29, 0.717) is 0 Å². The summed E-state index contributed by atoms with van der Waals surface area (Å²) < 4.78 is 6.44. The molecule has 0 aromatic heterocycles. The summed E-state index contributed by atoms with van der Waals surface area (Å²) in [4.78, 5) is 2.51. The van der Waals surface area contributed by atoms with Crippen LogP contribution >= 0.6 is 0 Å². The van der Waals surface area contributed by atoms with Gasteiger partial charge in [-0.2, -0.15) is 0 Å². The van der Waals surface area contributed by atoms with Crippen LogP contribution in [0.15, 0.2) is 18.2 Å². The van der Waals surface area contributed by atoms with Gasteiger partial charge >= 0.3 is 0 Å². The van der Waals surface area contributed by atoms with E-state index in [2.05, 4.69) is 42.3 Å². The molecular formula is C16H24N2O. The third kappa shape index (κ3) is 2.63. The first kappa shape index (κ1) is 12.9. The maximum atomic E-state index is 6.44. The van der Waals surface area contributed by atoms with Gasteiger partial charge in [-0.3, -0.25) is 0 Å². The number of ether oxygens (including phenoxy) is 1. The highest BCUT2D eigenvalue weighted by Gasteiger charge is 2.37. The Bertz CT molecular complexity index is 450. The molecule has 0 amide bonds. The Morgan fingerprint density at radius 3 is 2.84 bits per heavy atom. The number of nitrogens with zero attached hydrogens (tertiary/aromatic N) is 1. The Morgan fingerprint density at radius 2 is 2.11 bits per heavy atom. The number of hydrogen-bond donors (Lipinski definition) is 1. The molecule has 0 radical (unpaired) electrons. The first-order valence-corrected chi connectivity index (χ1v) is 7.42. The van der Waals surface area contributed by atoms with Crippen LogP contribution in [-0.2, 0) is 6.54 Å². The molecule has 1 aromatic carbocycles. The molecule has 3 heteroatoms. The van der Waals surface area contributed by atoms with E-state index in [0.717, 1.165) is 51.3 Å². The number of hydrogen-bond acceptors (Lipinski definition) is 3. The Balaban J connectivity index is 1.80. The zero-order valence-corrected chi connectivity index (χ0v) is 12.0. The molecule has 2 heterocycles. The lowest BCUT2D eigenvalue weighted by molar-refractivity contribution is 0.00738. The molecule has 2 aliphatic heterocycles. The quantitative estimate of drug-likeness (QED) is 0.839. The van der Waals surface area contributed by atoms with Crippen molar-refractivity contribution in [2.45, 2.75) is 38.8 Å². The highest BCUT2D eigenvalue weighted by atomic mass is 16.5. The van der Waals surface area contributed by atoms with Crippen LogP contribution in [0.1, 0.15) is 30.9 Å². The molecule has 104 valence electrons. The maximum absolute atomic E-state index is 6.44. The third-order valence-electron chi connectivity index (χ3n) is 4.52. The Kier molecular flexibility index (Phi) is 3.50. The second-order valence-corrected chi connectivity index (χ2v) is 5.93. The van der Waals surface area contributed by atoms with Crippen LogP contribution in [0.25, 0.3) is 0 Å². The molecule has 0 bridgehead atoms. The minimum atomic E-state index is 0.00613. The lowest BCUT2D eigenvalue weighted by Crippen LogP contribution is -2.52. The predicted molar refractivity (Wildman–Crippen MR) is 77.6 cm³/mol. The van der Waals surface area contributed by atoms with Crippen LogP contribution in [0.3, 0.4) is 0 Å². The number of aryl methyl sites for hydroxylation is 1. The number of piperidine rings is 1. The van der Waals surface area contributed by atoms with Crippen molar-refractivity contribution < 1.29 is 4.74 Å². The number of nitrogens with one attached hydrogen (secondary N) is 1. The predicted octanol–water partition coefficient (Wildman–Crippen LogP) is 2.33. The minimum absolute atomic E-state index is 0.00613. The highest BCUT2D eigenvalue weighted by molar-refractivity contribution is 5.38. The van der Waals surface area contributed by atoms with E-state index in [-0.39, 0.29) is 5.60 Å². The van der Waals surface area contributed by atoms with Gasteiger partial charge in [0.25, 0.3) is 0 Å². The van der Waals surface area contributed by atoms with Gasteiger partial charge in [-0.25, -0.2) is 0 Å². The van der Waals surface area contributed by atoms with Crippen molar-refractivity contribution in [3.63, 3.8) is 0 Å². The van der Waals surface area contributed by atoms with Gasteiger partial charge in [0, 0.05) is 44.6 Å². The van der Waals surface area contributed by atoms with E-state index >= 15 is 0 Å². The van der Waals surface area contributed by atoms with Gasteiger partial charge in [-0.05, 0) is 19.5 Å². The largest absolute Gasteiger partial charge is 0.486 e. The van der Waals surface area contributed by atoms with Gasteiger partial charge in [0.15, 0.2) is 0 Å². The lowest BCUT2D eigenvalue weighted by Gasteiger charge is -2.41. The SMILES string of the molecule is CCN1CCC2(CC1)CNCc1cc(C)ccc1O2. The van der Waals surface area contributed by atoms with Crippen LogP contribution in [0.5, 0.6) is 5.75 Å². The van der Waals surface area contributed by atoms with E-state index in [4.69, 9.17) is 4.74 Å². The molecule has 3 nitrogen and oxygen atoms in total. The molecule has 1 saturated heterocycles. The third-order valence-corrected chi connectivity index (χ3v) is 4.52. The van der Waals surface area contributed by atoms with Gasteiger partial charge in [-0.1, -0.05) is 24.6 Å². The molecule has 1 aromatic rings. The number of fused-ring (bicyclic) bond motifs is 1. The molecule has 1 N–H and O–H groups in total. The summed E-state index contributed by atoms with van der Waals surface area (Å²) in [7, 11) is 0. The van der Waals surface area contributed by atoms with E-state index in [1.54, 1.807) is 0 Å². The zero-order valence-electron chi connectivity index (χ0n) is 12.0. The van der Waals surface area contributed by atoms with E-state index in [9.17, 15) is 0 Å². The fourth-order valence-electron chi connectivity index (χ4n) is 3.20. The van der Waals surface area contributed by atoms with Gasteiger partial charge in [-0.15, -0.1) is 0 Å². The molecule has 0 aliphatic carbocycles. The molecule has 0 unspecified atom stereocenters. The summed E-state index contributed by atoms with van der Waals surface area (Å²) in [6.45, 7) is 9.73. The number of benzene rings is 1. The standard InChI is InChI=1S/C16H24N2O/c1-3-18-8-6-16(7-9-18)12-17-11-14-10-13(2)4-5-15(14)19-16/h4-5,10,17H,3,6-9,11-12H2,1-2H3. The highest BCUT2D eigenvalue weighted by Crippen LogP contribution is 2.33. The van der Waals surface area contributed by atoms with Gasteiger partial charge < -0.3 is 15.0 Å². The van der Waals surface area contributed by atoms with Crippen molar-refractivity contribution in [1.29, 1.82) is 0 Å². The lowest BCUT2D eigenvalue weighted by atomic mass is 9.91. The summed E-state index contributed by atoms with van der Waals surface area (Å²) >= 11 is 0. The van der Waals surface area contributed by atoms with E-state index < -0.39 is 0 Å². The molecule has 3 rings (SSSR count). The number of likely N-dealkylation sites (tertiary alicyclic amines) is 1. The van der Waals surface area contributed by atoms with E-state index in [1.165, 1.54) is 11.1 Å². The summed E-state index contributed by atoms with van der Waals surface area (Å²) in [5.41, 5.74) is 2.61. The first-order chi connectivity index (χ1) is 9.21. The van der Waals surface area contributed by atoms with Crippen molar-refractivity contribution in [2.24, 2.45) is 0 Å². The van der Waals surface area contributed by atoms with E-state index in [1.807, 2.05) is 0 Å². The smallest absolute Gasteiger partial charge is 0.124 e. The maximum Gasteiger partial charge on any atom is 0.124 e. The molecule has 0 atom stereocenters. The average Bonchev–Trinajstić information content (AvgIpc) is 2.59.